The molecule has 1 aromatic carbocycles. The van der Waals surface area contributed by atoms with Gasteiger partial charge in [-0.25, -0.2) is 9.78 Å². The number of esters is 1. The van der Waals surface area contributed by atoms with Crippen molar-refractivity contribution in [3.8, 4) is 0 Å². The lowest BCUT2D eigenvalue weighted by Gasteiger charge is -2.08. The minimum absolute atomic E-state index is 0.217. The third-order valence-electron chi connectivity index (χ3n) is 3.36. The van der Waals surface area contributed by atoms with Crippen molar-refractivity contribution in [2.45, 2.75) is 33.2 Å². The number of rotatable bonds is 6. The molecular formula is C16H21N3O2. The van der Waals surface area contributed by atoms with Crippen molar-refractivity contribution in [1.29, 1.82) is 0 Å². The van der Waals surface area contributed by atoms with E-state index in [9.17, 15) is 4.79 Å². The molecule has 1 heterocycles. The van der Waals surface area contributed by atoms with Crippen LogP contribution in [-0.2, 0) is 17.7 Å². The minimum Gasteiger partial charge on any atom is -0.461 e. The van der Waals surface area contributed by atoms with Crippen LogP contribution in [0.5, 0.6) is 0 Å². The van der Waals surface area contributed by atoms with E-state index >= 15 is 0 Å². The van der Waals surface area contributed by atoms with Crippen LogP contribution >= 0.6 is 0 Å². The van der Waals surface area contributed by atoms with Crippen LogP contribution in [0.1, 0.15) is 35.2 Å². The predicted molar refractivity (Wildman–Crippen MR) is 82.1 cm³/mol. The minimum atomic E-state index is -0.458. The molecule has 5 nitrogen and oxygen atoms in total. The van der Waals surface area contributed by atoms with E-state index in [1.54, 1.807) is 6.92 Å². The van der Waals surface area contributed by atoms with Crippen molar-refractivity contribution in [2.24, 2.45) is 0 Å². The highest BCUT2D eigenvalue weighted by Crippen LogP contribution is 2.16. The van der Waals surface area contributed by atoms with E-state index in [2.05, 4.69) is 17.1 Å². The van der Waals surface area contributed by atoms with E-state index in [0.29, 0.717) is 12.4 Å². The fourth-order valence-electron chi connectivity index (χ4n) is 2.30. The second kappa shape index (κ2) is 6.92. The lowest BCUT2D eigenvalue weighted by molar-refractivity contribution is 0.0521. The Kier molecular flexibility index (Phi) is 4.98. The Labute approximate surface area is 124 Å². The maximum absolute atomic E-state index is 11.7. The van der Waals surface area contributed by atoms with E-state index in [0.717, 1.165) is 25.2 Å². The quantitative estimate of drug-likeness (QED) is 0.829. The van der Waals surface area contributed by atoms with Crippen LogP contribution < -0.4 is 5.73 Å². The van der Waals surface area contributed by atoms with Gasteiger partial charge in [0.2, 0.25) is 0 Å². The van der Waals surface area contributed by atoms with Crippen LogP contribution in [0.3, 0.4) is 0 Å². The van der Waals surface area contributed by atoms with Crippen LogP contribution in [0, 0.1) is 6.92 Å². The summed E-state index contributed by atoms with van der Waals surface area (Å²) in [6, 6.07) is 10.3. The number of carbonyl (C=O) groups is 1. The molecule has 0 aliphatic heterocycles. The van der Waals surface area contributed by atoms with Gasteiger partial charge in [-0.15, -0.1) is 0 Å². The zero-order valence-electron chi connectivity index (χ0n) is 12.5. The summed E-state index contributed by atoms with van der Waals surface area (Å²) in [5, 5.41) is 0. The topological polar surface area (TPSA) is 70.1 Å². The first kappa shape index (κ1) is 15.1. The van der Waals surface area contributed by atoms with Gasteiger partial charge in [-0.2, -0.15) is 0 Å². The molecule has 0 saturated heterocycles. The molecule has 2 rings (SSSR count). The van der Waals surface area contributed by atoms with Gasteiger partial charge in [-0.3, -0.25) is 0 Å². The molecule has 2 N–H and O–H groups in total. The zero-order chi connectivity index (χ0) is 15.2. The van der Waals surface area contributed by atoms with Crippen molar-refractivity contribution < 1.29 is 9.53 Å². The SMILES string of the molecule is CCOC(=O)c1nc(C)n(CCCc2ccccc2)c1N. The Morgan fingerprint density at radius 1 is 1.33 bits per heavy atom. The van der Waals surface area contributed by atoms with Gasteiger partial charge in [0.05, 0.1) is 6.61 Å². The zero-order valence-corrected chi connectivity index (χ0v) is 12.5. The first-order chi connectivity index (χ1) is 10.1. The molecule has 0 spiro atoms. The van der Waals surface area contributed by atoms with Gasteiger partial charge in [-0.1, -0.05) is 30.3 Å². The van der Waals surface area contributed by atoms with Crippen molar-refractivity contribution in [2.75, 3.05) is 12.3 Å². The molecule has 0 atom stereocenters. The number of imidazole rings is 1. The van der Waals surface area contributed by atoms with E-state index in [4.69, 9.17) is 10.5 Å². The Morgan fingerprint density at radius 3 is 2.71 bits per heavy atom. The van der Waals surface area contributed by atoms with Gasteiger partial charge in [0.15, 0.2) is 5.69 Å². The molecule has 0 bridgehead atoms. The Morgan fingerprint density at radius 2 is 2.05 bits per heavy atom. The number of anilines is 1. The normalized spacial score (nSPS) is 10.6. The van der Waals surface area contributed by atoms with Gasteiger partial charge >= 0.3 is 5.97 Å². The first-order valence-electron chi connectivity index (χ1n) is 7.17. The molecule has 0 aliphatic rings. The second-order valence-corrected chi connectivity index (χ2v) is 4.85. The van der Waals surface area contributed by atoms with Gasteiger partial charge in [0, 0.05) is 6.54 Å². The van der Waals surface area contributed by atoms with Crippen LogP contribution in [0.2, 0.25) is 0 Å². The molecule has 0 radical (unpaired) electrons. The number of aromatic nitrogens is 2. The summed E-state index contributed by atoms with van der Waals surface area (Å²) < 4.78 is 6.83. The van der Waals surface area contributed by atoms with Crippen molar-refractivity contribution in [3.63, 3.8) is 0 Å². The van der Waals surface area contributed by atoms with E-state index in [1.807, 2.05) is 29.7 Å². The summed E-state index contributed by atoms with van der Waals surface area (Å²) in [4.78, 5) is 16.0. The van der Waals surface area contributed by atoms with Gasteiger partial charge in [-0.05, 0) is 32.3 Å². The maximum Gasteiger partial charge on any atom is 0.360 e. The summed E-state index contributed by atoms with van der Waals surface area (Å²) in [7, 11) is 0. The van der Waals surface area contributed by atoms with E-state index < -0.39 is 5.97 Å². The number of ether oxygens (including phenoxy) is 1. The number of carbonyl (C=O) groups excluding carboxylic acids is 1. The number of nitrogens with two attached hydrogens (primary N) is 1. The Bertz CT molecular complexity index is 605. The van der Waals surface area contributed by atoms with Gasteiger partial charge in [0.25, 0.3) is 0 Å². The van der Waals surface area contributed by atoms with Crippen LogP contribution in [0.4, 0.5) is 5.82 Å². The van der Waals surface area contributed by atoms with Crippen LogP contribution in [0.25, 0.3) is 0 Å². The summed E-state index contributed by atoms with van der Waals surface area (Å²) in [6.45, 7) is 4.66. The number of aryl methyl sites for hydroxylation is 2. The Balaban J connectivity index is 2.02. The van der Waals surface area contributed by atoms with Crippen LogP contribution in [-0.4, -0.2) is 22.1 Å². The fourth-order valence-corrected chi connectivity index (χ4v) is 2.30. The van der Waals surface area contributed by atoms with Crippen molar-refractivity contribution >= 4 is 11.8 Å². The fraction of sp³-hybridized carbons (Fsp3) is 0.375. The molecular weight excluding hydrogens is 266 g/mol. The highest BCUT2D eigenvalue weighted by atomic mass is 16.5. The second-order valence-electron chi connectivity index (χ2n) is 4.85. The summed E-state index contributed by atoms with van der Waals surface area (Å²) in [6.07, 6.45) is 1.90. The van der Waals surface area contributed by atoms with Gasteiger partial charge in [0.1, 0.15) is 11.6 Å². The van der Waals surface area contributed by atoms with E-state index in [1.165, 1.54) is 5.56 Å². The lowest BCUT2D eigenvalue weighted by Crippen LogP contribution is -2.10. The van der Waals surface area contributed by atoms with E-state index in [-0.39, 0.29) is 5.69 Å². The molecule has 2 aromatic rings. The molecule has 0 aliphatic carbocycles. The highest BCUT2D eigenvalue weighted by Gasteiger charge is 2.19. The van der Waals surface area contributed by atoms with Crippen molar-refractivity contribution in [1.82, 2.24) is 9.55 Å². The molecule has 0 unspecified atom stereocenters. The molecule has 0 amide bonds. The summed E-state index contributed by atoms with van der Waals surface area (Å²) in [5.41, 5.74) is 7.52. The largest absolute Gasteiger partial charge is 0.461 e. The lowest BCUT2D eigenvalue weighted by atomic mass is 10.1. The average molecular weight is 287 g/mol. The summed E-state index contributed by atoms with van der Waals surface area (Å²) in [5.74, 6) is 0.669. The number of hydrogen-bond donors (Lipinski definition) is 1. The molecule has 1 aromatic heterocycles. The molecule has 112 valence electrons. The van der Waals surface area contributed by atoms with Gasteiger partial charge < -0.3 is 15.0 Å². The number of benzene rings is 1. The highest BCUT2D eigenvalue weighted by molar-refractivity contribution is 5.92. The monoisotopic (exact) mass is 287 g/mol. The molecule has 0 fully saturated rings. The average Bonchev–Trinajstić information content (AvgIpc) is 2.76. The number of nitrogen functional groups attached to an aromatic ring is 1. The molecule has 0 saturated carbocycles. The third-order valence-corrected chi connectivity index (χ3v) is 3.36. The molecule has 5 heteroatoms. The standard InChI is InChI=1S/C16H21N3O2/c1-3-21-16(20)14-15(17)19(12(2)18-14)11-7-10-13-8-5-4-6-9-13/h4-6,8-9H,3,7,10-11,17H2,1-2H3. The Hall–Kier alpha value is -2.30. The van der Waals surface area contributed by atoms with Crippen LogP contribution in [0.15, 0.2) is 30.3 Å². The smallest absolute Gasteiger partial charge is 0.360 e. The number of nitrogens with zero attached hydrogens (tertiary/aromatic N) is 2. The number of hydrogen-bond acceptors (Lipinski definition) is 4. The molecule has 21 heavy (non-hydrogen) atoms. The first-order valence-corrected chi connectivity index (χ1v) is 7.17. The maximum atomic E-state index is 11.7. The third kappa shape index (κ3) is 3.62. The van der Waals surface area contributed by atoms with Crippen molar-refractivity contribution in [3.05, 3.63) is 47.4 Å². The summed E-state index contributed by atoms with van der Waals surface area (Å²) >= 11 is 0. The predicted octanol–water partition coefficient (Wildman–Crippen LogP) is 2.58.